The molecule has 0 atom stereocenters. The average molecular weight is 443 g/mol. The monoisotopic (exact) mass is 443 g/mol. The first kappa shape index (κ1) is 20.5. The van der Waals surface area contributed by atoms with Gasteiger partial charge in [-0.3, -0.25) is 0 Å². The molecule has 2 aromatic carbocycles. The second-order valence-corrected chi connectivity index (χ2v) is 7.80. The van der Waals surface area contributed by atoms with Crippen molar-refractivity contribution in [3.05, 3.63) is 78.3 Å². The zero-order valence-corrected chi connectivity index (χ0v) is 18.4. The van der Waals surface area contributed by atoms with Crippen molar-refractivity contribution in [2.45, 2.75) is 13.8 Å². The third-order valence-corrected chi connectivity index (χ3v) is 5.30. The fourth-order valence-corrected chi connectivity index (χ4v) is 3.75. The Morgan fingerprint density at radius 3 is 2.64 bits per heavy atom. The molecule has 8 nitrogen and oxygen atoms in total. The number of hydrogen-bond donors (Lipinski definition) is 2. The number of aryl methyl sites for hydroxylation is 2. The molecule has 0 aliphatic carbocycles. The number of aromatic nitrogens is 5. The number of nitrogens with one attached hydrogen (secondary N) is 1. The summed E-state index contributed by atoms with van der Waals surface area (Å²) >= 11 is 0. The number of benzene rings is 2. The van der Waals surface area contributed by atoms with Gasteiger partial charge in [-0.15, -0.1) is 5.10 Å². The van der Waals surface area contributed by atoms with E-state index in [1.54, 1.807) is 30.1 Å². The minimum absolute atomic E-state index is 0.0882. The summed E-state index contributed by atoms with van der Waals surface area (Å²) in [6, 6.07) is 12.4. The van der Waals surface area contributed by atoms with E-state index in [2.05, 4.69) is 20.4 Å². The molecule has 3 N–H and O–H groups in total. The van der Waals surface area contributed by atoms with Gasteiger partial charge in [0.15, 0.2) is 5.65 Å². The Bertz CT molecular complexity index is 1490. The summed E-state index contributed by atoms with van der Waals surface area (Å²) in [4.78, 5) is 8.94. The van der Waals surface area contributed by atoms with Gasteiger partial charge in [-0.2, -0.15) is 4.98 Å². The molecule has 33 heavy (non-hydrogen) atoms. The summed E-state index contributed by atoms with van der Waals surface area (Å²) < 4.78 is 22.9. The lowest BCUT2D eigenvalue weighted by Crippen LogP contribution is -1.98. The highest BCUT2D eigenvalue weighted by Crippen LogP contribution is 2.30. The SMILES string of the molecule is COc1cc(Nc2nc3c(-c4ccc(F)c(N)c4)cc(C)cn3n2)ccc1-n1cnc(C)c1. The van der Waals surface area contributed by atoms with Gasteiger partial charge in [0.1, 0.15) is 11.6 Å². The molecule has 0 amide bonds. The van der Waals surface area contributed by atoms with Gasteiger partial charge in [0.05, 0.1) is 30.5 Å². The first-order valence-electron chi connectivity index (χ1n) is 10.3. The van der Waals surface area contributed by atoms with Crippen LogP contribution in [0.3, 0.4) is 0 Å². The summed E-state index contributed by atoms with van der Waals surface area (Å²) in [6.07, 6.45) is 5.56. The van der Waals surface area contributed by atoms with Crippen molar-refractivity contribution >= 4 is 23.0 Å². The molecule has 5 aromatic rings. The predicted molar refractivity (Wildman–Crippen MR) is 126 cm³/mol. The predicted octanol–water partition coefficient (Wildman–Crippen LogP) is 4.67. The van der Waals surface area contributed by atoms with Gasteiger partial charge in [-0.25, -0.2) is 13.9 Å². The Morgan fingerprint density at radius 1 is 1.06 bits per heavy atom. The number of fused-ring (bicyclic) bond motifs is 1. The number of nitrogen functional groups attached to an aromatic ring is 1. The Balaban J connectivity index is 1.52. The van der Waals surface area contributed by atoms with Crippen LogP contribution in [0, 0.1) is 19.7 Å². The van der Waals surface area contributed by atoms with E-state index < -0.39 is 5.82 Å². The molecule has 0 radical (unpaired) electrons. The highest BCUT2D eigenvalue weighted by atomic mass is 19.1. The van der Waals surface area contributed by atoms with E-state index in [4.69, 9.17) is 10.5 Å². The van der Waals surface area contributed by atoms with Crippen molar-refractivity contribution in [3.8, 4) is 22.6 Å². The summed E-state index contributed by atoms with van der Waals surface area (Å²) in [5.41, 5.74) is 11.6. The molecule has 0 aliphatic heterocycles. The van der Waals surface area contributed by atoms with Gasteiger partial charge in [-0.05, 0) is 55.3 Å². The van der Waals surface area contributed by atoms with Crippen molar-refractivity contribution in [2.75, 3.05) is 18.2 Å². The maximum atomic E-state index is 13.7. The number of ether oxygens (including phenoxy) is 1. The molecule has 3 aromatic heterocycles. The number of nitrogens with zero attached hydrogens (tertiary/aromatic N) is 5. The lowest BCUT2D eigenvalue weighted by atomic mass is 10.0. The quantitative estimate of drug-likeness (QED) is 0.383. The summed E-state index contributed by atoms with van der Waals surface area (Å²) in [5, 5.41) is 7.81. The van der Waals surface area contributed by atoms with Crippen molar-refractivity contribution in [1.82, 2.24) is 24.1 Å². The van der Waals surface area contributed by atoms with Crippen LogP contribution < -0.4 is 15.8 Å². The van der Waals surface area contributed by atoms with Crippen LogP contribution in [0.25, 0.3) is 22.5 Å². The van der Waals surface area contributed by atoms with Crippen LogP contribution in [-0.4, -0.2) is 31.3 Å². The smallest absolute Gasteiger partial charge is 0.247 e. The molecule has 9 heteroatoms. The third-order valence-electron chi connectivity index (χ3n) is 5.30. The number of methoxy groups -OCH3 is 1. The number of imidazole rings is 1. The van der Waals surface area contributed by atoms with E-state index >= 15 is 0 Å². The van der Waals surface area contributed by atoms with E-state index in [1.165, 1.54) is 6.07 Å². The van der Waals surface area contributed by atoms with Gasteiger partial charge >= 0.3 is 0 Å². The number of nitrogens with two attached hydrogens (primary N) is 1. The van der Waals surface area contributed by atoms with Crippen LogP contribution in [0.4, 0.5) is 21.7 Å². The lowest BCUT2D eigenvalue weighted by Gasteiger charge is -2.11. The zero-order chi connectivity index (χ0) is 23.1. The van der Waals surface area contributed by atoms with Crippen LogP contribution in [0.2, 0.25) is 0 Å². The second-order valence-electron chi connectivity index (χ2n) is 7.80. The van der Waals surface area contributed by atoms with Crippen LogP contribution in [-0.2, 0) is 0 Å². The van der Waals surface area contributed by atoms with Gasteiger partial charge in [0.2, 0.25) is 5.95 Å². The molecular formula is C24H22FN7O. The molecule has 0 unspecified atom stereocenters. The van der Waals surface area contributed by atoms with E-state index in [-0.39, 0.29) is 5.69 Å². The number of anilines is 3. The maximum Gasteiger partial charge on any atom is 0.247 e. The molecule has 3 heterocycles. The van der Waals surface area contributed by atoms with Gasteiger partial charge in [0.25, 0.3) is 0 Å². The molecule has 0 bridgehead atoms. The highest BCUT2D eigenvalue weighted by molar-refractivity contribution is 5.80. The van der Waals surface area contributed by atoms with Crippen LogP contribution >= 0.6 is 0 Å². The van der Waals surface area contributed by atoms with Crippen molar-refractivity contribution in [2.24, 2.45) is 0 Å². The zero-order valence-electron chi connectivity index (χ0n) is 18.4. The molecule has 166 valence electrons. The van der Waals surface area contributed by atoms with E-state index in [9.17, 15) is 4.39 Å². The standard InChI is InChI=1S/C24H22FN7O/c1-14-8-18(16-4-6-19(25)20(26)9-16)23-29-24(30-32(23)11-14)28-17-5-7-21(22(10-17)33-3)31-12-15(2)27-13-31/h4-13H,26H2,1-3H3,(H,28,30). The third kappa shape index (κ3) is 3.84. The Hall–Kier alpha value is -4.40. The molecular weight excluding hydrogens is 421 g/mol. The number of hydrogen-bond acceptors (Lipinski definition) is 6. The van der Waals surface area contributed by atoms with E-state index in [0.717, 1.165) is 33.8 Å². The molecule has 0 spiro atoms. The van der Waals surface area contributed by atoms with Crippen molar-refractivity contribution < 1.29 is 9.13 Å². The highest BCUT2D eigenvalue weighted by Gasteiger charge is 2.14. The van der Waals surface area contributed by atoms with Crippen molar-refractivity contribution in [3.63, 3.8) is 0 Å². The number of rotatable bonds is 5. The largest absolute Gasteiger partial charge is 0.494 e. The lowest BCUT2D eigenvalue weighted by molar-refractivity contribution is 0.413. The van der Waals surface area contributed by atoms with Gasteiger partial charge < -0.3 is 20.4 Å². The van der Waals surface area contributed by atoms with Crippen LogP contribution in [0.5, 0.6) is 5.75 Å². The molecule has 0 saturated heterocycles. The fourth-order valence-electron chi connectivity index (χ4n) is 3.75. The molecule has 0 fully saturated rings. The molecule has 5 rings (SSSR count). The Labute approximate surface area is 189 Å². The molecule has 0 aliphatic rings. The van der Waals surface area contributed by atoms with Crippen LogP contribution in [0.15, 0.2) is 61.2 Å². The Morgan fingerprint density at radius 2 is 1.91 bits per heavy atom. The normalized spacial score (nSPS) is 11.2. The first-order chi connectivity index (χ1) is 15.9. The first-order valence-corrected chi connectivity index (χ1v) is 10.3. The summed E-state index contributed by atoms with van der Waals surface area (Å²) in [5.74, 6) is 0.652. The summed E-state index contributed by atoms with van der Waals surface area (Å²) in [6.45, 7) is 3.90. The van der Waals surface area contributed by atoms with Gasteiger partial charge in [0, 0.05) is 29.7 Å². The average Bonchev–Trinajstić information content (AvgIpc) is 3.40. The second kappa shape index (κ2) is 7.94. The van der Waals surface area contributed by atoms with Crippen LogP contribution in [0.1, 0.15) is 11.3 Å². The van der Waals surface area contributed by atoms with Gasteiger partial charge in [-0.1, -0.05) is 6.07 Å². The minimum Gasteiger partial charge on any atom is -0.494 e. The number of pyridine rings is 1. The Kier molecular flexibility index (Phi) is 4.93. The topological polar surface area (TPSA) is 95.3 Å². The summed E-state index contributed by atoms with van der Waals surface area (Å²) in [7, 11) is 1.62. The maximum absolute atomic E-state index is 13.7. The fraction of sp³-hybridized carbons (Fsp3) is 0.125. The molecule has 0 saturated carbocycles. The number of halogens is 1. The van der Waals surface area contributed by atoms with E-state index in [0.29, 0.717) is 17.3 Å². The minimum atomic E-state index is -0.450. The van der Waals surface area contributed by atoms with E-state index in [1.807, 2.05) is 55.1 Å². The van der Waals surface area contributed by atoms with Crippen molar-refractivity contribution in [1.29, 1.82) is 0 Å².